The molecule has 0 saturated carbocycles. The normalized spacial score (nSPS) is 27.7. The van der Waals surface area contributed by atoms with Gasteiger partial charge in [-0.05, 0) is 13.0 Å². The van der Waals surface area contributed by atoms with Crippen LogP contribution in [0.5, 0.6) is 0 Å². The fraction of sp³-hybridized carbons (Fsp3) is 1.00. The van der Waals surface area contributed by atoms with Crippen molar-refractivity contribution in [3.63, 3.8) is 0 Å². The van der Waals surface area contributed by atoms with Crippen LogP contribution in [0.3, 0.4) is 0 Å². The minimum atomic E-state index is -1.56. The fourth-order valence-electron chi connectivity index (χ4n) is 1.80. The van der Waals surface area contributed by atoms with E-state index in [1.54, 1.807) is 0 Å². The summed E-state index contributed by atoms with van der Waals surface area (Å²) in [5.74, 6) is 0. The maximum atomic E-state index is 9.61. The third kappa shape index (κ3) is 4.47. The Bertz CT molecular complexity index is 213. The summed E-state index contributed by atoms with van der Waals surface area (Å²) in [6.45, 7) is 1.19. The first kappa shape index (κ1) is 14.8. The molecule has 1 rings (SSSR count). The molecule has 17 heavy (non-hydrogen) atoms. The predicted molar refractivity (Wildman–Crippen MR) is 60.4 cm³/mol. The van der Waals surface area contributed by atoms with Crippen molar-refractivity contribution < 1.29 is 25.5 Å². The maximum absolute atomic E-state index is 9.61. The van der Waals surface area contributed by atoms with Crippen LogP contribution < -0.4 is 10.6 Å². The van der Waals surface area contributed by atoms with Crippen LogP contribution in [0.1, 0.15) is 6.42 Å². The van der Waals surface area contributed by atoms with E-state index in [1.165, 1.54) is 0 Å². The van der Waals surface area contributed by atoms with Crippen LogP contribution in [0, 0.1) is 0 Å². The highest BCUT2D eigenvalue weighted by Gasteiger charge is 2.30. The second kappa shape index (κ2) is 7.22. The molecule has 102 valence electrons. The van der Waals surface area contributed by atoms with Crippen molar-refractivity contribution in [3.05, 3.63) is 0 Å². The van der Waals surface area contributed by atoms with E-state index in [-0.39, 0.29) is 12.6 Å². The van der Waals surface area contributed by atoms with Gasteiger partial charge in [-0.1, -0.05) is 0 Å². The zero-order valence-corrected chi connectivity index (χ0v) is 9.66. The summed E-state index contributed by atoms with van der Waals surface area (Å²) in [6.07, 6.45) is -4.73. The highest BCUT2D eigenvalue weighted by molar-refractivity contribution is 4.84. The molecule has 1 fully saturated rings. The van der Waals surface area contributed by atoms with Gasteiger partial charge in [0.1, 0.15) is 18.3 Å². The van der Waals surface area contributed by atoms with E-state index < -0.39 is 31.0 Å². The Morgan fingerprint density at radius 3 is 2.29 bits per heavy atom. The first-order valence-electron chi connectivity index (χ1n) is 5.83. The van der Waals surface area contributed by atoms with Crippen LogP contribution >= 0.6 is 0 Å². The predicted octanol–water partition coefficient (Wildman–Crippen LogP) is -3.63. The van der Waals surface area contributed by atoms with Gasteiger partial charge in [-0.2, -0.15) is 0 Å². The molecule has 5 atom stereocenters. The van der Waals surface area contributed by atoms with Gasteiger partial charge in [0.05, 0.1) is 12.7 Å². The number of rotatable bonds is 7. The minimum absolute atomic E-state index is 0.128. The molecule has 0 aromatic heterocycles. The lowest BCUT2D eigenvalue weighted by Crippen LogP contribution is -2.50. The van der Waals surface area contributed by atoms with Gasteiger partial charge in [-0.15, -0.1) is 0 Å². The molecule has 0 aromatic carbocycles. The number of aliphatic hydroxyl groups excluding tert-OH is 5. The smallest absolute Gasteiger partial charge is 0.111 e. The third-order valence-corrected chi connectivity index (χ3v) is 3.00. The molecular weight excluding hydrogens is 228 g/mol. The molecule has 0 aliphatic carbocycles. The largest absolute Gasteiger partial charge is 0.394 e. The van der Waals surface area contributed by atoms with Crippen LogP contribution in [0.15, 0.2) is 0 Å². The van der Waals surface area contributed by atoms with E-state index in [0.29, 0.717) is 0 Å². The average Bonchev–Trinajstić information content (AvgIpc) is 2.86. The molecule has 1 unspecified atom stereocenters. The number of aliphatic hydroxyl groups is 5. The summed E-state index contributed by atoms with van der Waals surface area (Å²) in [5.41, 5.74) is 0. The Labute approximate surface area is 100 Å². The quantitative estimate of drug-likeness (QED) is 0.249. The van der Waals surface area contributed by atoms with Crippen LogP contribution in [0.4, 0.5) is 0 Å². The van der Waals surface area contributed by atoms with Crippen LogP contribution in [-0.2, 0) is 0 Å². The third-order valence-electron chi connectivity index (χ3n) is 3.00. The van der Waals surface area contributed by atoms with Gasteiger partial charge in [0.15, 0.2) is 0 Å². The Morgan fingerprint density at radius 2 is 1.76 bits per heavy atom. The fourth-order valence-corrected chi connectivity index (χ4v) is 1.80. The molecule has 0 radical (unpaired) electrons. The van der Waals surface area contributed by atoms with Crippen molar-refractivity contribution in [2.45, 2.75) is 36.9 Å². The molecule has 0 amide bonds. The molecule has 7 N–H and O–H groups in total. The lowest BCUT2D eigenvalue weighted by molar-refractivity contribution is -0.114. The monoisotopic (exact) mass is 250 g/mol. The Balaban J connectivity index is 2.27. The van der Waals surface area contributed by atoms with Crippen molar-refractivity contribution in [1.29, 1.82) is 0 Å². The van der Waals surface area contributed by atoms with E-state index in [4.69, 9.17) is 10.2 Å². The van der Waals surface area contributed by atoms with E-state index in [9.17, 15) is 15.3 Å². The Kier molecular flexibility index (Phi) is 6.28. The van der Waals surface area contributed by atoms with Crippen molar-refractivity contribution in [1.82, 2.24) is 10.6 Å². The summed E-state index contributed by atoms with van der Waals surface area (Å²) in [5, 5.41) is 52.5. The van der Waals surface area contributed by atoms with E-state index in [0.717, 1.165) is 19.5 Å². The van der Waals surface area contributed by atoms with E-state index >= 15 is 0 Å². The highest BCUT2D eigenvalue weighted by atomic mass is 16.4. The van der Waals surface area contributed by atoms with Gasteiger partial charge < -0.3 is 36.2 Å². The van der Waals surface area contributed by atoms with E-state index in [1.807, 2.05) is 0 Å². The zero-order valence-electron chi connectivity index (χ0n) is 9.66. The van der Waals surface area contributed by atoms with Crippen molar-refractivity contribution in [3.8, 4) is 0 Å². The molecule has 1 aliphatic rings. The lowest BCUT2D eigenvalue weighted by atomic mass is 10.0. The van der Waals surface area contributed by atoms with Crippen molar-refractivity contribution >= 4 is 0 Å². The van der Waals surface area contributed by atoms with Crippen LogP contribution in [-0.4, -0.2) is 82.2 Å². The minimum Gasteiger partial charge on any atom is -0.394 e. The number of nitrogens with one attached hydrogen (secondary N) is 2. The van der Waals surface area contributed by atoms with Crippen LogP contribution in [0.25, 0.3) is 0 Å². The lowest BCUT2D eigenvalue weighted by Gasteiger charge is -2.26. The average molecular weight is 250 g/mol. The molecule has 1 saturated heterocycles. The molecule has 1 heterocycles. The summed E-state index contributed by atoms with van der Waals surface area (Å²) in [4.78, 5) is 0. The zero-order chi connectivity index (χ0) is 12.8. The topological polar surface area (TPSA) is 125 Å². The second-order valence-electron chi connectivity index (χ2n) is 4.40. The molecule has 0 spiro atoms. The van der Waals surface area contributed by atoms with Gasteiger partial charge >= 0.3 is 0 Å². The van der Waals surface area contributed by atoms with Gasteiger partial charge in [0.2, 0.25) is 0 Å². The molecule has 1 aliphatic heterocycles. The SMILES string of the molecule is OC[C@@H](O)[C@H](O)[C@H](O)[C@@H](O)CNC1CCNC1. The van der Waals surface area contributed by atoms with Gasteiger partial charge in [0, 0.05) is 19.1 Å². The standard InChI is InChI=1S/C10H22N2O5/c13-5-8(15)10(17)9(16)7(14)4-12-6-1-2-11-3-6/h6-17H,1-5H2/t6?,7-,8+,9+,10-/m0/s1. The Morgan fingerprint density at radius 1 is 1.12 bits per heavy atom. The Hall–Kier alpha value is -0.280. The summed E-state index contributed by atoms with van der Waals surface area (Å²) in [7, 11) is 0. The summed E-state index contributed by atoms with van der Waals surface area (Å²) in [6, 6.07) is 0.247. The van der Waals surface area contributed by atoms with Gasteiger partial charge in [-0.25, -0.2) is 0 Å². The van der Waals surface area contributed by atoms with Gasteiger partial charge in [-0.3, -0.25) is 0 Å². The molecular formula is C10H22N2O5. The molecule has 0 aromatic rings. The number of hydrogen-bond donors (Lipinski definition) is 7. The van der Waals surface area contributed by atoms with Crippen molar-refractivity contribution in [2.75, 3.05) is 26.2 Å². The maximum Gasteiger partial charge on any atom is 0.111 e. The summed E-state index contributed by atoms with van der Waals surface area (Å²) < 4.78 is 0. The first-order chi connectivity index (χ1) is 8.06. The molecule has 7 heteroatoms. The number of hydrogen-bond acceptors (Lipinski definition) is 7. The molecule has 7 nitrogen and oxygen atoms in total. The highest BCUT2D eigenvalue weighted by Crippen LogP contribution is 2.05. The molecule has 0 bridgehead atoms. The second-order valence-corrected chi connectivity index (χ2v) is 4.40. The summed E-state index contributed by atoms with van der Waals surface area (Å²) >= 11 is 0. The van der Waals surface area contributed by atoms with E-state index in [2.05, 4.69) is 10.6 Å². The first-order valence-corrected chi connectivity index (χ1v) is 5.83. The van der Waals surface area contributed by atoms with Gasteiger partial charge in [0.25, 0.3) is 0 Å². The van der Waals surface area contributed by atoms with Crippen molar-refractivity contribution in [2.24, 2.45) is 0 Å². The van der Waals surface area contributed by atoms with Crippen LogP contribution in [0.2, 0.25) is 0 Å².